The van der Waals surface area contributed by atoms with Gasteiger partial charge in [-0.2, -0.15) is 0 Å². The highest BCUT2D eigenvalue weighted by Gasteiger charge is 2.21. The van der Waals surface area contributed by atoms with E-state index in [-0.39, 0.29) is 0 Å². The monoisotopic (exact) mass is 592 g/mol. The van der Waals surface area contributed by atoms with E-state index in [1.165, 1.54) is 186 Å². The second-order valence-electron chi connectivity index (χ2n) is 14.0. The Bertz CT molecular complexity index is 524. The predicted octanol–water partition coefficient (Wildman–Crippen LogP) is 12.7. The third-order valence-electron chi connectivity index (χ3n) is 9.37. The fourth-order valence-electron chi connectivity index (χ4n) is 6.51. The van der Waals surface area contributed by atoms with Crippen LogP contribution in [0.15, 0.2) is 4.99 Å². The Hall–Kier alpha value is -0.570. The molecule has 0 aliphatic rings. The minimum Gasteiger partial charge on any atom is -0.387 e. The molecule has 3 heteroatoms. The molecular weight excluding hydrogens is 510 g/mol. The number of unbranched alkanes of at least 4 members (excludes halogenated alkanes) is 22. The molecule has 3 nitrogen and oxygen atoms in total. The summed E-state index contributed by atoms with van der Waals surface area (Å²) in [6.45, 7) is 8.09. The summed E-state index contributed by atoms with van der Waals surface area (Å²) in [5, 5.41) is 0. The van der Waals surface area contributed by atoms with Crippen molar-refractivity contribution in [3.63, 3.8) is 0 Å². The molecule has 42 heavy (non-hydrogen) atoms. The lowest BCUT2D eigenvalue weighted by Gasteiger charge is -2.25. The van der Waals surface area contributed by atoms with Crippen LogP contribution in [0.4, 0.5) is 0 Å². The van der Waals surface area contributed by atoms with E-state index in [1.54, 1.807) is 0 Å². The third-order valence-corrected chi connectivity index (χ3v) is 9.37. The highest BCUT2D eigenvalue weighted by molar-refractivity contribution is 5.80. The van der Waals surface area contributed by atoms with Crippen LogP contribution in [0, 0.1) is 5.92 Å². The number of amidine groups is 1. The van der Waals surface area contributed by atoms with Crippen LogP contribution in [0.25, 0.3) is 0 Å². The summed E-state index contributed by atoms with van der Waals surface area (Å²) in [7, 11) is 4.33. The number of nitrogens with two attached hydrogens (primary N) is 1. The van der Waals surface area contributed by atoms with Gasteiger partial charge in [0.2, 0.25) is 0 Å². The van der Waals surface area contributed by atoms with Crippen LogP contribution in [0.1, 0.15) is 213 Å². The molecule has 0 heterocycles. The van der Waals surface area contributed by atoms with Crippen LogP contribution >= 0.6 is 0 Å². The lowest BCUT2D eigenvalue weighted by atomic mass is 9.85. The van der Waals surface area contributed by atoms with Crippen molar-refractivity contribution in [1.82, 2.24) is 4.90 Å². The van der Waals surface area contributed by atoms with Crippen LogP contribution < -0.4 is 5.73 Å². The minimum absolute atomic E-state index is 0.452. The Morgan fingerprint density at radius 2 is 0.833 bits per heavy atom. The smallest absolute Gasteiger partial charge is 0.0940 e. The molecule has 0 aromatic rings. The fourth-order valence-corrected chi connectivity index (χ4v) is 6.51. The summed E-state index contributed by atoms with van der Waals surface area (Å²) >= 11 is 0. The van der Waals surface area contributed by atoms with Crippen molar-refractivity contribution in [2.75, 3.05) is 20.6 Å². The Morgan fingerprint density at radius 3 is 1.21 bits per heavy atom. The number of hydrogen-bond donors (Lipinski definition) is 1. The quantitative estimate of drug-likeness (QED) is 0.0459. The molecule has 0 bridgehead atoms. The number of nitrogens with zero attached hydrogens (tertiary/aromatic N) is 2. The Morgan fingerprint density at radius 1 is 0.476 bits per heavy atom. The lowest BCUT2D eigenvalue weighted by molar-refractivity contribution is 0.322. The number of aliphatic imine (C=N–C) groups is 1. The van der Waals surface area contributed by atoms with Crippen LogP contribution in [0.3, 0.4) is 0 Å². The van der Waals surface area contributed by atoms with Crippen molar-refractivity contribution in [3.8, 4) is 0 Å². The Kier molecular flexibility index (Phi) is 32.9. The number of hydrogen-bond acceptors (Lipinski definition) is 2. The molecule has 0 saturated heterocycles. The van der Waals surface area contributed by atoms with E-state index in [0.29, 0.717) is 6.04 Å². The van der Waals surface area contributed by atoms with Gasteiger partial charge in [0.05, 0.1) is 11.9 Å². The highest BCUT2D eigenvalue weighted by Crippen LogP contribution is 2.28. The Labute approximate surface area is 267 Å². The van der Waals surface area contributed by atoms with Gasteiger partial charge in [-0.3, -0.25) is 4.99 Å². The largest absolute Gasteiger partial charge is 0.387 e. The van der Waals surface area contributed by atoms with Crippen molar-refractivity contribution in [2.24, 2.45) is 16.6 Å². The van der Waals surface area contributed by atoms with E-state index in [9.17, 15) is 0 Å². The fraction of sp³-hybridized carbons (Fsp3) is 0.974. The average Bonchev–Trinajstić information content (AvgIpc) is 2.97. The van der Waals surface area contributed by atoms with E-state index in [2.05, 4.69) is 39.8 Å². The molecule has 0 aromatic heterocycles. The minimum atomic E-state index is 0.452. The van der Waals surface area contributed by atoms with Gasteiger partial charge in [-0.15, -0.1) is 0 Å². The van der Waals surface area contributed by atoms with Crippen LogP contribution in [0.2, 0.25) is 0 Å². The summed E-state index contributed by atoms with van der Waals surface area (Å²) in [5.41, 5.74) is 6.63. The topological polar surface area (TPSA) is 41.6 Å². The van der Waals surface area contributed by atoms with Gasteiger partial charge in [-0.1, -0.05) is 175 Å². The molecule has 1 atom stereocenters. The first kappa shape index (κ1) is 41.4. The summed E-state index contributed by atoms with van der Waals surface area (Å²) < 4.78 is 0. The zero-order chi connectivity index (χ0) is 30.9. The maximum Gasteiger partial charge on any atom is 0.0940 e. The van der Waals surface area contributed by atoms with E-state index in [1.807, 2.05) is 0 Å². The van der Waals surface area contributed by atoms with E-state index >= 15 is 0 Å². The standard InChI is InChI=1S/C39H81N3/c1-6-9-12-15-18-21-24-27-32-37(33-28-25-22-19-16-13-10-7-2)38(34-29-26-23-20-17-14-11-8-3)41-39(40)35-30-31-36-42(4)5/h37-38H,6-36H2,1-5H3,(H2,40,41). The first-order valence-electron chi connectivity index (χ1n) is 19.5. The first-order chi connectivity index (χ1) is 20.5. The average molecular weight is 592 g/mol. The zero-order valence-corrected chi connectivity index (χ0v) is 30.0. The SMILES string of the molecule is CCCCCCCCCCC(CCCCCCCCCC)C(CCCCCCCCCC)N=C(N)CCCCN(C)C. The van der Waals surface area contributed by atoms with Gasteiger partial charge in [0.15, 0.2) is 0 Å². The van der Waals surface area contributed by atoms with E-state index < -0.39 is 0 Å². The summed E-state index contributed by atoms with van der Waals surface area (Å²) in [5.74, 6) is 1.67. The van der Waals surface area contributed by atoms with Crippen molar-refractivity contribution in [1.29, 1.82) is 0 Å². The molecule has 0 amide bonds. The van der Waals surface area contributed by atoms with Gasteiger partial charge >= 0.3 is 0 Å². The molecule has 0 aliphatic heterocycles. The third kappa shape index (κ3) is 29.5. The van der Waals surface area contributed by atoms with Gasteiger partial charge in [-0.05, 0) is 58.7 Å². The molecule has 252 valence electrons. The maximum absolute atomic E-state index is 6.63. The molecule has 0 spiro atoms. The van der Waals surface area contributed by atoms with Crippen LogP contribution in [-0.2, 0) is 0 Å². The van der Waals surface area contributed by atoms with Crippen LogP contribution in [0.5, 0.6) is 0 Å². The molecule has 2 N–H and O–H groups in total. The molecule has 0 radical (unpaired) electrons. The normalized spacial score (nSPS) is 13.1. The molecular formula is C39H81N3. The van der Waals surface area contributed by atoms with Crippen molar-refractivity contribution >= 4 is 5.84 Å². The van der Waals surface area contributed by atoms with E-state index in [4.69, 9.17) is 10.7 Å². The molecule has 0 aromatic carbocycles. The van der Waals surface area contributed by atoms with Gasteiger partial charge in [0.1, 0.15) is 0 Å². The van der Waals surface area contributed by atoms with Crippen LogP contribution in [-0.4, -0.2) is 37.4 Å². The van der Waals surface area contributed by atoms with Gasteiger partial charge < -0.3 is 10.6 Å². The zero-order valence-electron chi connectivity index (χ0n) is 30.0. The van der Waals surface area contributed by atoms with Crippen molar-refractivity contribution in [3.05, 3.63) is 0 Å². The van der Waals surface area contributed by atoms with Gasteiger partial charge in [-0.25, -0.2) is 0 Å². The molecule has 0 saturated carbocycles. The maximum atomic E-state index is 6.63. The second kappa shape index (κ2) is 33.3. The second-order valence-corrected chi connectivity index (χ2v) is 14.0. The molecule has 0 aliphatic carbocycles. The Balaban J connectivity index is 5.02. The molecule has 1 unspecified atom stereocenters. The molecule has 0 rings (SSSR count). The van der Waals surface area contributed by atoms with Crippen molar-refractivity contribution in [2.45, 2.75) is 219 Å². The summed E-state index contributed by atoms with van der Waals surface area (Å²) in [4.78, 5) is 7.61. The summed E-state index contributed by atoms with van der Waals surface area (Å²) in [6, 6.07) is 0.452. The highest BCUT2D eigenvalue weighted by atomic mass is 15.0. The van der Waals surface area contributed by atoms with Gasteiger partial charge in [0, 0.05) is 6.42 Å². The number of rotatable bonds is 34. The van der Waals surface area contributed by atoms with Gasteiger partial charge in [0.25, 0.3) is 0 Å². The lowest BCUT2D eigenvalue weighted by Crippen LogP contribution is -2.24. The summed E-state index contributed by atoms with van der Waals surface area (Å²) in [6.07, 6.45) is 41.0. The van der Waals surface area contributed by atoms with E-state index in [0.717, 1.165) is 24.7 Å². The first-order valence-corrected chi connectivity index (χ1v) is 19.5. The molecule has 0 fully saturated rings. The van der Waals surface area contributed by atoms with Crippen molar-refractivity contribution < 1.29 is 0 Å². The predicted molar refractivity (Wildman–Crippen MR) is 193 cm³/mol.